The average Bonchev–Trinajstić information content (AvgIpc) is 3.44. The molecule has 3 aromatic rings. The van der Waals surface area contributed by atoms with Crippen LogP contribution in [0.25, 0.3) is 22.6 Å². The first-order chi connectivity index (χ1) is 13.7. The van der Waals surface area contributed by atoms with Crippen LogP contribution in [0.1, 0.15) is 50.0 Å². The minimum Gasteiger partial charge on any atom is -0.360 e. The number of likely N-dealkylation sites (N-methyl/N-ethyl adjacent to an activating group) is 1. The van der Waals surface area contributed by atoms with Crippen molar-refractivity contribution < 1.29 is 4.52 Å². The van der Waals surface area contributed by atoms with Crippen LogP contribution in [0.3, 0.4) is 0 Å². The summed E-state index contributed by atoms with van der Waals surface area (Å²) in [6.45, 7) is 3.40. The third-order valence-electron chi connectivity index (χ3n) is 6.29. The smallest absolute Gasteiger partial charge is 0.185 e. The fourth-order valence-electron chi connectivity index (χ4n) is 4.73. The monoisotopic (exact) mass is 398 g/mol. The van der Waals surface area contributed by atoms with Crippen LogP contribution in [-0.4, -0.2) is 55.7 Å². The van der Waals surface area contributed by atoms with E-state index in [4.69, 9.17) is 19.6 Å². The molecule has 8 heteroatoms. The van der Waals surface area contributed by atoms with Gasteiger partial charge in [0, 0.05) is 18.0 Å². The van der Waals surface area contributed by atoms with Crippen molar-refractivity contribution in [2.45, 2.75) is 62.6 Å². The van der Waals surface area contributed by atoms with Crippen molar-refractivity contribution in [1.82, 2.24) is 29.8 Å². The number of fused-ring (bicyclic) bond motifs is 2. The van der Waals surface area contributed by atoms with Crippen LogP contribution in [0.2, 0.25) is 0 Å². The summed E-state index contributed by atoms with van der Waals surface area (Å²) >= 11 is 1.63. The van der Waals surface area contributed by atoms with Crippen LogP contribution in [0.4, 0.5) is 0 Å². The molecule has 0 radical (unpaired) electrons. The zero-order valence-electron chi connectivity index (χ0n) is 16.7. The summed E-state index contributed by atoms with van der Waals surface area (Å²) in [4.78, 5) is 12.2. The van der Waals surface area contributed by atoms with Gasteiger partial charge in [0.15, 0.2) is 17.2 Å². The molecule has 148 valence electrons. The maximum Gasteiger partial charge on any atom is 0.185 e. The Morgan fingerprint density at radius 3 is 2.86 bits per heavy atom. The molecule has 0 saturated carbocycles. The first-order valence-corrected chi connectivity index (χ1v) is 11.4. The van der Waals surface area contributed by atoms with Crippen molar-refractivity contribution in [3.63, 3.8) is 0 Å². The number of hydrogen-bond donors (Lipinski definition) is 0. The van der Waals surface area contributed by atoms with E-state index < -0.39 is 0 Å². The zero-order chi connectivity index (χ0) is 19.3. The Labute approximate surface area is 168 Å². The number of rotatable bonds is 4. The van der Waals surface area contributed by atoms with E-state index in [0.29, 0.717) is 11.9 Å². The molecule has 0 N–H and O–H groups in total. The van der Waals surface area contributed by atoms with Crippen molar-refractivity contribution in [2.75, 3.05) is 19.8 Å². The van der Waals surface area contributed by atoms with Crippen LogP contribution in [0, 0.1) is 0 Å². The lowest BCUT2D eigenvalue weighted by Gasteiger charge is -2.26. The van der Waals surface area contributed by atoms with Gasteiger partial charge in [0.05, 0.1) is 17.6 Å². The summed E-state index contributed by atoms with van der Waals surface area (Å²) in [5.74, 6) is 1.67. The maximum atomic E-state index is 5.62. The SMILES string of the molecule is CSc1nc(-c2noc3c2CCCC3)nc2c1cnn2C(C)C1CCCN1C. The molecule has 0 spiro atoms. The highest BCUT2D eigenvalue weighted by atomic mass is 32.2. The summed E-state index contributed by atoms with van der Waals surface area (Å²) in [5.41, 5.74) is 2.90. The van der Waals surface area contributed by atoms with Crippen molar-refractivity contribution in [1.29, 1.82) is 0 Å². The number of aromatic nitrogens is 5. The topological polar surface area (TPSA) is 72.9 Å². The van der Waals surface area contributed by atoms with E-state index in [0.717, 1.165) is 53.3 Å². The van der Waals surface area contributed by atoms with E-state index in [1.807, 2.05) is 6.20 Å². The molecule has 0 bridgehead atoms. The summed E-state index contributed by atoms with van der Waals surface area (Å²) in [6, 6.07) is 0.743. The van der Waals surface area contributed by atoms with E-state index in [2.05, 4.69) is 35.0 Å². The van der Waals surface area contributed by atoms with Crippen LogP contribution in [-0.2, 0) is 12.8 Å². The average molecular weight is 399 g/mol. The van der Waals surface area contributed by atoms with E-state index in [1.54, 1.807) is 11.8 Å². The van der Waals surface area contributed by atoms with Gasteiger partial charge in [-0.1, -0.05) is 5.16 Å². The Morgan fingerprint density at radius 2 is 2.07 bits per heavy atom. The Balaban J connectivity index is 1.63. The van der Waals surface area contributed by atoms with Gasteiger partial charge in [-0.05, 0) is 58.9 Å². The number of likely N-dealkylation sites (tertiary alicyclic amines) is 1. The predicted octanol–water partition coefficient (Wildman–Crippen LogP) is 3.74. The molecule has 28 heavy (non-hydrogen) atoms. The van der Waals surface area contributed by atoms with E-state index >= 15 is 0 Å². The van der Waals surface area contributed by atoms with Crippen LogP contribution in [0.15, 0.2) is 15.7 Å². The van der Waals surface area contributed by atoms with Crippen molar-refractivity contribution >= 4 is 22.8 Å². The quantitative estimate of drug-likeness (QED) is 0.490. The molecular formula is C20H26N6OS. The fraction of sp³-hybridized carbons (Fsp3) is 0.600. The molecule has 1 aliphatic heterocycles. The molecule has 7 nitrogen and oxygen atoms in total. The molecule has 1 fully saturated rings. The van der Waals surface area contributed by atoms with Crippen molar-refractivity contribution in [2.24, 2.45) is 0 Å². The summed E-state index contributed by atoms with van der Waals surface area (Å²) in [7, 11) is 2.20. The summed E-state index contributed by atoms with van der Waals surface area (Å²) in [5, 5.41) is 11.0. The van der Waals surface area contributed by atoms with Gasteiger partial charge in [-0.25, -0.2) is 14.6 Å². The van der Waals surface area contributed by atoms with Gasteiger partial charge in [-0.15, -0.1) is 11.8 Å². The molecule has 2 unspecified atom stereocenters. The largest absolute Gasteiger partial charge is 0.360 e. The van der Waals surface area contributed by atoms with Gasteiger partial charge in [0.1, 0.15) is 10.8 Å². The highest BCUT2D eigenvalue weighted by Gasteiger charge is 2.30. The highest BCUT2D eigenvalue weighted by molar-refractivity contribution is 7.98. The number of aryl methyl sites for hydroxylation is 1. The van der Waals surface area contributed by atoms with Crippen LogP contribution >= 0.6 is 11.8 Å². The third kappa shape index (κ3) is 2.85. The van der Waals surface area contributed by atoms with E-state index in [-0.39, 0.29) is 6.04 Å². The van der Waals surface area contributed by atoms with Gasteiger partial charge in [0.2, 0.25) is 0 Å². The Bertz CT molecular complexity index is 1010. The summed E-state index contributed by atoms with van der Waals surface area (Å²) in [6.07, 6.45) is 10.7. The maximum absolute atomic E-state index is 5.62. The molecular weight excluding hydrogens is 372 g/mol. The first kappa shape index (κ1) is 18.1. The van der Waals surface area contributed by atoms with Crippen molar-refractivity contribution in [3.8, 4) is 11.5 Å². The predicted molar refractivity (Wildman–Crippen MR) is 110 cm³/mol. The molecule has 2 aliphatic rings. The Morgan fingerprint density at radius 1 is 1.21 bits per heavy atom. The molecule has 1 aliphatic carbocycles. The highest BCUT2D eigenvalue weighted by Crippen LogP contribution is 2.34. The minimum atomic E-state index is 0.258. The van der Waals surface area contributed by atoms with Gasteiger partial charge >= 0.3 is 0 Å². The normalized spacial score (nSPS) is 21.3. The van der Waals surface area contributed by atoms with Gasteiger partial charge < -0.3 is 9.42 Å². The van der Waals surface area contributed by atoms with Gasteiger partial charge in [-0.2, -0.15) is 5.10 Å². The lowest BCUT2D eigenvalue weighted by Crippen LogP contribution is -2.33. The number of hydrogen-bond acceptors (Lipinski definition) is 7. The molecule has 4 heterocycles. The molecule has 1 saturated heterocycles. The van der Waals surface area contributed by atoms with Crippen molar-refractivity contribution in [3.05, 3.63) is 17.5 Å². The van der Waals surface area contributed by atoms with Gasteiger partial charge in [0.25, 0.3) is 0 Å². The lowest BCUT2D eigenvalue weighted by molar-refractivity contribution is 0.232. The molecule has 2 atom stereocenters. The fourth-order valence-corrected chi connectivity index (χ4v) is 5.27. The lowest BCUT2D eigenvalue weighted by atomic mass is 9.96. The molecule has 3 aromatic heterocycles. The Kier molecular flexibility index (Phi) is 4.63. The second-order valence-corrected chi connectivity index (χ2v) is 8.75. The first-order valence-electron chi connectivity index (χ1n) is 10.1. The molecule has 0 aromatic carbocycles. The molecule has 5 rings (SSSR count). The third-order valence-corrected chi connectivity index (χ3v) is 6.99. The van der Waals surface area contributed by atoms with Gasteiger partial charge in [-0.3, -0.25) is 0 Å². The van der Waals surface area contributed by atoms with Crippen LogP contribution in [0.5, 0.6) is 0 Å². The van der Waals surface area contributed by atoms with E-state index in [9.17, 15) is 0 Å². The second-order valence-electron chi connectivity index (χ2n) is 7.95. The number of thioether (sulfide) groups is 1. The Hall–Kier alpha value is -1.93. The molecule has 0 amide bonds. The standard InChI is InChI=1S/C20H26N6OS/c1-12(15-8-6-10-25(15)2)26-19-14(11-21-26)20(28-3)23-18(22-19)17-13-7-4-5-9-16(13)27-24-17/h11-12,15H,4-10H2,1-3H3. The van der Waals surface area contributed by atoms with Crippen LogP contribution < -0.4 is 0 Å². The van der Waals surface area contributed by atoms with E-state index in [1.165, 1.54) is 24.8 Å². The summed E-state index contributed by atoms with van der Waals surface area (Å²) < 4.78 is 7.70. The zero-order valence-corrected chi connectivity index (χ0v) is 17.5. The number of nitrogens with zero attached hydrogens (tertiary/aromatic N) is 6. The second kappa shape index (κ2) is 7.15. The minimum absolute atomic E-state index is 0.258.